The zero-order chi connectivity index (χ0) is 21.1. The Balaban J connectivity index is 1.70. The van der Waals surface area contributed by atoms with E-state index in [9.17, 15) is 0 Å². The largest absolute Gasteiger partial charge is 0.318 e. The van der Waals surface area contributed by atoms with Crippen LogP contribution in [0.1, 0.15) is 23.2 Å². The third-order valence-electron chi connectivity index (χ3n) is 5.75. The summed E-state index contributed by atoms with van der Waals surface area (Å²) < 4.78 is 2.38. The van der Waals surface area contributed by atoms with Crippen molar-refractivity contribution in [3.63, 3.8) is 0 Å². The molecule has 0 N–H and O–H groups in total. The molecule has 0 radical (unpaired) electrons. The van der Waals surface area contributed by atoms with Gasteiger partial charge in [0.25, 0.3) is 0 Å². The SMILES string of the molecule is S=P(c1ccccc1)(c1ccccc1)N1C=N[C@H](c2ccccc2)[C@H]1c1ccccc1. The van der Waals surface area contributed by atoms with Crippen LogP contribution in [0.25, 0.3) is 0 Å². The van der Waals surface area contributed by atoms with Gasteiger partial charge in [-0.2, -0.15) is 0 Å². The molecule has 0 saturated heterocycles. The van der Waals surface area contributed by atoms with Gasteiger partial charge in [-0.1, -0.05) is 133 Å². The molecule has 5 rings (SSSR count). The highest BCUT2D eigenvalue weighted by atomic mass is 32.4. The van der Waals surface area contributed by atoms with E-state index in [0.717, 1.165) is 0 Å². The molecule has 1 aliphatic rings. The molecule has 0 fully saturated rings. The molecule has 0 spiro atoms. The fourth-order valence-electron chi connectivity index (χ4n) is 4.27. The Bertz CT molecular complexity index is 1170. The lowest BCUT2D eigenvalue weighted by atomic mass is 9.95. The van der Waals surface area contributed by atoms with Gasteiger partial charge < -0.3 is 4.67 Å². The molecule has 1 aliphatic heterocycles. The molecule has 2 nitrogen and oxygen atoms in total. The maximum atomic E-state index is 6.62. The minimum absolute atomic E-state index is 0.00153. The van der Waals surface area contributed by atoms with Gasteiger partial charge >= 0.3 is 0 Å². The Hall–Kier alpha value is -3.00. The molecule has 0 unspecified atom stereocenters. The lowest BCUT2D eigenvalue weighted by molar-refractivity contribution is 0.459. The molecule has 4 heteroatoms. The first-order valence-corrected chi connectivity index (χ1v) is 13.2. The summed E-state index contributed by atoms with van der Waals surface area (Å²) in [7, 11) is 0. The van der Waals surface area contributed by atoms with E-state index in [0.29, 0.717) is 0 Å². The summed E-state index contributed by atoms with van der Waals surface area (Å²) in [6, 6.07) is 42.3. The molecule has 0 saturated carbocycles. The normalized spacial score (nSPS) is 18.3. The maximum Gasteiger partial charge on any atom is 0.101 e. The predicted molar refractivity (Wildman–Crippen MR) is 135 cm³/mol. The van der Waals surface area contributed by atoms with Crippen LogP contribution in [-0.2, 0) is 11.8 Å². The summed E-state index contributed by atoms with van der Waals surface area (Å²) in [6.07, 6.45) is -0.324. The minimum atomic E-state index is -2.33. The van der Waals surface area contributed by atoms with E-state index in [-0.39, 0.29) is 12.1 Å². The average molecular weight is 439 g/mol. The van der Waals surface area contributed by atoms with Crippen molar-refractivity contribution >= 4 is 34.9 Å². The van der Waals surface area contributed by atoms with E-state index < -0.39 is 6.19 Å². The van der Waals surface area contributed by atoms with Gasteiger partial charge in [-0.25, -0.2) is 0 Å². The number of rotatable bonds is 5. The summed E-state index contributed by atoms with van der Waals surface area (Å²) in [5.74, 6) is 0. The van der Waals surface area contributed by atoms with Crippen molar-refractivity contribution in [3.8, 4) is 0 Å². The van der Waals surface area contributed by atoms with Crippen LogP contribution in [0.15, 0.2) is 126 Å². The Morgan fingerprint density at radius 2 is 1.00 bits per heavy atom. The fraction of sp³-hybridized carbons (Fsp3) is 0.0741. The van der Waals surface area contributed by atoms with Gasteiger partial charge in [0.05, 0.1) is 18.6 Å². The lowest BCUT2D eigenvalue weighted by Crippen LogP contribution is -2.33. The standard InChI is InChI=1S/C27H23N2PS/c31-30(24-17-9-3-10-18-24,25-19-11-4-12-20-25)29-21-28-26(22-13-5-1-6-14-22)27(29)23-15-7-2-8-16-23/h1-21,26-27H/t26-,27-/m1/s1. The molecular formula is C27H23N2PS. The number of hydrogen-bond acceptors (Lipinski definition) is 2. The second-order valence-corrected chi connectivity index (χ2v) is 11.8. The van der Waals surface area contributed by atoms with E-state index in [1.165, 1.54) is 21.7 Å². The first-order chi connectivity index (χ1) is 15.3. The van der Waals surface area contributed by atoms with Crippen LogP contribution >= 0.6 is 6.19 Å². The van der Waals surface area contributed by atoms with E-state index >= 15 is 0 Å². The second kappa shape index (κ2) is 8.63. The van der Waals surface area contributed by atoms with Crippen LogP contribution in [0.2, 0.25) is 0 Å². The highest BCUT2D eigenvalue weighted by molar-refractivity contribution is 8.20. The number of hydrogen-bond donors (Lipinski definition) is 0. The van der Waals surface area contributed by atoms with Crippen LogP contribution in [0.3, 0.4) is 0 Å². The highest BCUT2D eigenvalue weighted by Gasteiger charge is 2.41. The van der Waals surface area contributed by atoms with Crippen molar-refractivity contribution in [2.24, 2.45) is 4.99 Å². The van der Waals surface area contributed by atoms with Crippen LogP contribution < -0.4 is 10.6 Å². The molecule has 31 heavy (non-hydrogen) atoms. The molecule has 4 aromatic carbocycles. The van der Waals surface area contributed by atoms with Crippen LogP contribution in [0, 0.1) is 0 Å². The molecule has 0 aliphatic carbocycles. The van der Waals surface area contributed by atoms with Crippen LogP contribution in [-0.4, -0.2) is 11.0 Å². The van der Waals surface area contributed by atoms with Crippen molar-refractivity contribution in [1.82, 2.24) is 4.67 Å². The molecule has 0 amide bonds. The second-order valence-electron chi connectivity index (χ2n) is 7.60. The molecule has 2 atom stereocenters. The Kier molecular flexibility index (Phi) is 5.55. The van der Waals surface area contributed by atoms with Crippen LogP contribution in [0.5, 0.6) is 0 Å². The van der Waals surface area contributed by atoms with E-state index in [1.807, 2.05) is 18.5 Å². The van der Waals surface area contributed by atoms with Crippen LogP contribution in [0.4, 0.5) is 0 Å². The van der Waals surface area contributed by atoms with Crippen molar-refractivity contribution < 1.29 is 0 Å². The van der Waals surface area contributed by atoms with Gasteiger partial charge in [0.15, 0.2) is 0 Å². The third-order valence-corrected chi connectivity index (χ3v) is 10.6. The zero-order valence-electron chi connectivity index (χ0n) is 17.0. The van der Waals surface area contributed by atoms with E-state index in [4.69, 9.17) is 16.8 Å². The van der Waals surface area contributed by atoms with Crippen molar-refractivity contribution in [2.45, 2.75) is 12.1 Å². The summed E-state index contributed by atoms with van der Waals surface area (Å²) in [4.78, 5) is 5.02. The molecule has 0 aromatic heterocycles. The third kappa shape index (κ3) is 3.65. The monoisotopic (exact) mass is 438 g/mol. The Labute approximate surface area is 189 Å². The van der Waals surface area contributed by atoms with Crippen molar-refractivity contribution in [2.75, 3.05) is 0 Å². The van der Waals surface area contributed by atoms with Gasteiger partial charge in [-0.05, 0) is 11.1 Å². The maximum absolute atomic E-state index is 6.62. The first kappa shape index (κ1) is 19.9. The summed E-state index contributed by atoms with van der Waals surface area (Å²) in [5, 5.41) is 2.36. The first-order valence-electron chi connectivity index (χ1n) is 10.4. The van der Waals surface area contributed by atoms with E-state index in [1.54, 1.807) is 0 Å². The zero-order valence-corrected chi connectivity index (χ0v) is 18.7. The summed E-state index contributed by atoms with van der Waals surface area (Å²) in [6.45, 7) is 0. The van der Waals surface area contributed by atoms with Gasteiger partial charge in [0, 0.05) is 10.6 Å². The van der Waals surface area contributed by atoms with Crippen molar-refractivity contribution in [1.29, 1.82) is 0 Å². The van der Waals surface area contributed by atoms with Gasteiger partial charge in [-0.15, -0.1) is 0 Å². The number of nitrogens with zero attached hydrogens (tertiary/aromatic N) is 2. The molecule has 4 aromatic rings. The van der Waals surface area contributed by atoms with Crippen molar-refractivity contribution in [3.05, 3.63) is 132 Å². The molecule has 0 bridgehead atoms. The average Bonchev–Trinajstić information content (AvgIpc) is 3.31. The minimum Gasteiger partial charge on any atom is -0.318 e. The fourth-order valence-corrected chi connectivity index (χ4v) is 8.23. The Morgan fingerprint density at radius 1 is 0.581 bits per heavy atom. The quantitative estimate of drug-likeness (QED) is 0.363. The highest BCUT2D eigenvalue weighted by Crippen LogP contribution is 2.57. The number of benzene rings is 4. The summed E-state index contributed by atoms with van der Waals surface area (Å²) in [5.41, 5.74) is 2.44. The predicted octanol–water partition coefficient (Wildman–Crippen LogP) is 5.86. The molecule has 1 heterocycles. The lowest BCUT2D eigenvalue weighted by Gasteiger charge is -2.38. The molecular weight excluding hydrogens is 415 g/mol. The van der Waals surface area contributed by atoms with Gasteiger partial charge in [0.1, 0.15) is 6.04 Å². The smallest absolute Gasteiger partial charge is 0.101 e. The number of aliphatic imine (C=N–C) groups is 1. The molecule has 152 valence electrons. The van der Waals surface area contributed by atoms with Gasteiger partial charge in [-0.3, -0.25) is 4.99 Å². The Morgan fingerprint density at radius 3 is 1.48 bits per heavy atom. The summed E-state index contributed by atoms with van der Waals surface area (Å²) >= 11 is 6.62. The topological polar surface area (TPSA) is 15.6 Å². The van der Waals surface area contributed by atoms with Gasteiger partial charge in [0.2, 0.25) is 0 Å². The van der Waals surface area contributed by atoms with E-state index in [2.05, 4.69) is 114 Å².